The standard InChI is InChI=1S/C34H23N3O/c1-20-19-29-31(21(2)35-20)36-34(37(29)24-10-4-3-5-11-24)28-14-8-13-26-27-18-17-23-16-15-22-9-6-7-12-25(22)30(23)33(27)38-32(26)28/h3-19H,1-2H3. The number of hydrogen-bond acceptors (Lipinski definition) is 3. The Kier molecular flexibility index (Phi) is 4.32. The molecule has 0 fully saturated rings. The number of aromatic nitrogens is 3. The summed E-state index contributed by atoms with van der Waals surface area (Å²) in [6.45, 7) is 4.06. The van der Waals surface area contributed by atoms with Gasteiger partial charge in [-0.05, 0) is 60.3 Å². The molecule has 0 bridgehead atoms. The number of fused-ring (bicyclic) bond motifs is 8. The van der Waals surface area contributed by atoms with Crippen LogP contribution in [0, 0.1) is 13.8 Å². The quantitative estimate of drug-likeness (QED) is 0.228. The molecule has 3 heterocycles. The Hall–Kier alpha value is -4.96. The van der Waals surface area contributed by atoms with Crippen LogP contribution >= 0.6 is 0 Å². The molecule has 0 atom stereocenters. The number of pyridine rings is 1. The van der Waals surface area contributed by atoms with Crippen LogP contribution in [0.15, 0.2) is 108 Å². The topological polar surface area (TPSA) is 43.9 Å². The summed E-state index contributed by atoms with van der Waals surface area (Å²) < 4.78 is 9.06. The highest BCUT2D eigenvalue weighted by Crippen LogP contribution is 2.41. The van der Waals surface area contributed by atoms with Crippen LogP contribution in [0.5, 0.6) is 0 Å². The van der Waals surface area contributed by atoms with Crippen LogP contribution in [0.2, 0.25) is 0 Å². The van der Waals surface area contributed by atoms with Crippen LogP contribution in [0.1, 0.15) is 11.4 Å². The highest BCUT2D eigenvalue weighted by molar-refractivity contribution is 6.23. The van der Waals surface area contributed by atoms with Gasteiger partial charge in [0.25, 0.3) is 0 Å². The number of aryl methyl sites for hydroxylation is 2. The molecule has 0 aliphatic carbocycles. The van der Waals surface area contributed by atoms with E-state index in [0.29, 0.717) is 0 Å². The predicted molar refractivity (Wildman–Crippen MR) is 156 cm³/mol. The third-order valence-electron chi connectivity index (χ3n) is 7.57. The third-order valence-corrected chi connectivity index (χ3v) is 7.57. The normalized spacial score (nSPS) is 11.9. The minimum Gasteiger partial charge on any atom is -0.455 e. The molecule has 0 N–H and O–H groups in total. The van der Waals surface area contributed by atoms with Gasteiger partial charge in [0.05, 0.1) is 16.8 Å². The summed E-state index contributed by atoms with van der Waals surface area (Å²) in [6.07, 6.45) is 0. The van der Waals surface area contributed by atoms with Crippen molar-refractivity contribution in [1.82, 2.24) is 14.5 Å². The molecule has 3 aromatic heterocycles. The summed E-state index contributed by atoms with van der Waals surface area (Å²) in [5, 5.41) is 6.93. The molecule has 5 aromatic carbocycles. The lowest BCUT2D eigenvalue weighted by atomic mass is 9.99. The lowest BCUT2D eigenvalue weighted by molar-refractivity contribution is 0.673. The molecule has 38 heavy (non-hydrogen) atoms. The van der Waals surface area contributed by atoms with Crippen LogP contribution in [0.4, 0.5) is 0 Å². The van der Waals surface area contributed by atoms with Gasteiger partial charge in [-0.3, -0.25) is 9.55 Å². The van der Waals surface area contributed by atoms with Crippen LogP contribution in [-0.4, -0.2) is 14.5 Å². The Morgan fingerprint density at radius 3 is 2.26 bits per heavy atom. The molecule has 8 aromatic rings. The maximum Gasteiger partial charge on any atom is 0.149 e. The van der Waals surface area contributed by atoms with Crippen molar-refractivity contribution in [3.63, 3.8) is 0 Å². The molecule has 0 aliphatic heterocycles. The number of hydrogen-bond donors (Lipinski definition) is 0. The molecule has 0 unspecified atom stereocenters. The Morgan fingerprint density at radius 2 is 1.37 bits per heavy atom. The van der Waals surface area contributed by atoms with Gasteiger partial charge >= 0.3 is 0 Å². The Labute approximate surface area is 218 Å². The van der Waals surface area contributed by atoms with Crippen molar-refractivity contribution < 1.29 is 4.42 Å². The van der Waals surface area contributed by atoms with Crippen molar-refractivity contribution in [2.24, 2.45) is 0 Å². The molecule has 0 amide bonds. The molecule has 0 spiro atoms. The second-order valence-electron chi connectivity index (χ2n) is 9.93. The number of rotatable bonds is 2. The van der Waals surface area contributed by atoms with Gasteiger partial charge in [0, 0.05) is 27.5 Å². The first kappa shape index (κ1) is 21.2. The smallest absolute Gasteiger partial charge is 0.149 e. The zero-order valence-electron chi connectivity index (χ0n) is 21.1. The number of furan rings is 1. The summed E-state index contributed by atoms with van der Waals surface area (Å²) in [5.41, 5.74) is 7.61. The lowest BCUT2D eigenvalue weighted by Gasteiger charge is -2.10. The Balaban J connectivity index is 1.52. The summed E-state index contributed by atoms with van der Waals surface area (Å²) in [4.78, 5) is 9.88. The summed E-state index contributed by atoms with van der Waals surface area (Å²) in [5.74, 6) is 0.848. The van der Waals surface area contributed by atoms with Gasteiger partial charge in [0.1, 0.15) is 22.5 Å². The number of benzene rings is 5. The molecule has 4 nitrogen and oxygen atoms in total. The highest BCUT2D eigenvalue weighted by Gasteiger charge is 2.22. The zero-order valence-corrected chi connectivity index (χ0v) is 21.1. The summed E-state index contributed by atoms with van der Waals surface area (Å²) >= 11 is 0. The van der Waals surface area contributed by atoms with E-state index in [1.165, 1.54) is 16.2 Å². The first-order valence-corrected chi connectivity index (χ1v) is 12.9. The van der Waals surface area contributed by atoms with E-state index in [1.807, 2.05) is 19.9 Å². The van der Waals surface area contributed by atoms with Crippen molar-refractivity contribution >= 4 is 54.5 Å². The SMILES string of the molecule is Cc1cc2c(nc(-c3cccc4c3oc3c4ccc4ccc5ccccc5c43)n2-c2ccccc2)c(C)n1. The van der Waals surface area contributed by atoms with Gasteiger partial charge < -0.3 is 4.42 Å². The molecule has 0 saturated carbocycles. The van der Waals surface area contributed by atoms with E-state index >= 15 is 0 Å². The molecular formula is C34H23N3O. The number of para-hydroxylation sites is 2. The summed E-state index contributed by atoms with van der Waals surface area (Å²) in [6, 6.07) is 36.1. The minimum absolute atomic E-state index is 0.845. The Bertz CT molecular complexity index is 2200. The fraction of sp³-hybridized carbons (Fsp3) is 0.0588. The molecule has 0 saturated heterocycles. The van der Waals surface area contributed by atoms with Crippen molar-refractivity contribution in [2.75, 3.05) is 0 Å². The van der Waals surface area contributed by atoms with Crippen LogP contribution < -0.4 is 0 Å². The van der Waals surface area contributed by atoms with E-state index < -0.39 is 0 Å². The Morgan fingerprint density at radius 1 is 0.632 bits per heavy atom. The predicted octanol–water partition coefficient (Wildman–Crippen LogP) is 8.91. The van der Waals surface area contributed by atoms with Gasteiger partial charge in [-0.2, -0.15) is 0 Å². The van der Waals surface area contributed by atoms with E-state index in [9.17, 15) is 0 Å². The minimum atomic E-state index is 0.845. The van der Waals surface area contributed by atoms with Crippen molar-refractivity contribution in [1.29, 1.82) is 0 Å². The average Bonchev–Trinajstić information content (AvgIpc) is 3.52. The van der Waals surface area contributed by atoms with Gasteiger partial charge in [0.15, 0.2) is 0 Å². The first-order chi connectivity index (χ1) is 18.7. The van der Waals surface area contributed by atoms with E-state index in [4.69, 9.17) is 14.4 Å². The molecule has 0 aliphatic rings. The second-order valence-corrected chi connectivity index (χ2v) is 9.93. The van der Waals surface area contributed by atoms with E-state index in [2.05, 4.69) is 102 Å². The molecule has 8 rings (SSSR count). The molecular weight excluding hydrogens is 466 g/mol. The number of nitrogens with zero attached hydrogens (tertiary/aromatic N) is 3. The van der Waals surface area contributed by atoms with Crippen molar-refractivity contribution in [2.45, 2.75) is 13.8 Å². The zero-order chi connectivity index (χ0) is 25.4. The van der Waals surface area contributed by atoms with Gasteiger partial charge in [-0.25, -0.2) is 4.98 Å². The maximum absolute atomic E-state index is 6.83. The summed E-state index contributed by atoms with van der Waals surface area (Å²) in [7, 11) is 0. The molecule has 0 radical (unpaired) electrons. The van der Waals surface area contributed by atoms with Crippen molar-refractivity contribution in [3.8, 4) is 17.1 Å². The van der Waals surface area contributed by atoms with Crippen LogP contribution in [0.3, 0.4) is 0 Å². The van der Waals surface area contributed by atoms with E-state index in [-0.39, 0.29) is 0 Å². The molecule has 180 valence electrons. The van der Waals surface area contributed by atoms with Gasteiger partial charge in [-0.15, -0.1) is 0 Å². The van der Waals surface area contributed by atoms with E-state index in [1.54, 1.807) is 0 Å². The van der Waals surface area contributed by atoms with Gasteiger partial charge in [-0.1, -0.05) is 72.8 Å². The largest absolute Gasteiger partial charge is 0.455 e. The second kappa shape index (κ2) is 7.77. The number of imidazole rings is 1. The fourth-order valence-electron chi connectivity index (χ4n) is 5.92. The fourth-order valence-corrected chi connectivity index (χ4v) is 5.92. The maximum atomic E-state index is 6.83. The van der Waals surface area contributed by atoms with Crippen LogP contribution in [0.25, 0.3) is 71.6 Å². The van der Waals surface area contributed by atoms with E-state index in [0.717, 1.165) is 66.8 Å². The van der Waals surface area contributed by atoms with Gasteiger partial charge in [0.2, 0.25) is 0 Å². The van der Waals surface area contributed by atoms with Crippen molar-refractivity contribution in [3.05, 3.63) is 115 Å². The monoisotopic (exact) mass is 489 g/mol. The van der Waals surface area contributed by atoms with Crippen LogP contribution in [-0.2, 0) is 0 Å². The highest BCUT2D eigenvalue weighted by atomic mass is 16.3. The third kappa shape index (κ3) is 2.91. The average molecular weight is 490 g/mol. The first-order valence-electron chi connectivity index (χ1n) is 12.9. The molecule has 4 heteroatoms. The lowest BCUT2D eigenvalue weighted by Crippen LogP contribution is -1.98.